The van der Waals surface area contributed by atoms with E-state index in [-0.39, 0.29) is 11.3 Å². The van der Waals surface area contributed by atoms with Crippen LogP contribution >= 0.6 is 0 Å². The van der Waals surface area contributed by atoms with E-state index in [2.05, 4.69) is 5.32 Å². The number of primary amides is 1. The van der Waals surface area contributed by atoms with Crippen LogP contribution in [0.15, 0.2) is 30.5 Å². The van der Waals surface area contributed by atoms with Crippen molar-refractivity contribution in [3.63, 3.8) is 0 Å². The first-order chi connectivity index (χ1) is 15.7. The number of aromatic nitrogens is 1. The zero-order valence-corrected chi connectivity index (χ0v) is 18.1. The predicted octanol–water partition coefficient (Wildman–Crippen LogP) is 2.68. The lowest BCUT2D eigenvalue weighted by Gasteiger charge is -2.32. The third-order valence-electron chi connectivity index (χ3n) is 6.02. The molecule has 1 aromatic heterocycles. The zero-order valence-electron chi connectivity index (χ0n) is 18.1. The van der Waals surface area contributed by atoms with Gasteiger partial charge < -0.3 is 20.5 Å². The number of hydrogen-bond acceptors (Lipinski definition) is 5. The first-order valence-corrected chi connectivity index (χ1v) is 9.85. The van der Waals surface area contributed by atoms with Crippen molar-refractivity contribution in [2.75, 3.05) is 12.4 Å². The molecule has 1 fully saturated rings. The maximum Gasteiger partial charge on any atom is 0.417 e. The highest BCUT2D eigenvalue weighted by Gasteiger charge is 2.65. The number of ether oxygens (including phenoxy) is 2. The summed E-state index contributed by atoms with van der Waals surface area (Å²) in [5, 5.41) is 11.9. The summed E-state index contributed by atoms with van der Waals surface area (Å²) in [7, 11) is 1.01. The second-order valence-corrected chi connectivity index (χ2v) is 7.94. The number of rotatable bonds is 5. The molecule has 13 heteroatoms. The highest BCUT2D eigenvalue weighted by Crippen LogP contribution is 2.54. The molecular formula is C21H21F5N3O5+. The molecular weight excluding hydrogens is 469 g/mol. The molecule has 4 N–H and O–H groups in total. The van der Waals surface area contributed by atoms with Gasteiger partial charge in [0.15, 0.2) is 17.2 Å². The van der Waals surface area contributed by atoms with E-state index in [1.165, 1.54) is 6.92 Å². The number of amides is 2. The number of benzene rings is 1. The molecule has 0 aliphatic carbocycles. The number of anilines is 1. The monoisotopic (exact) mass is 490 g/mol. The van der Waals surface area contributed by atoms with Gasteiger partial charge in [-0.25, -0.2) is 4.39 Å². The van der Waals surface area contributed by atoms with Crippen LogP contribution in [0.5, 0.6) is 5.75 Å². The summed E-state index contributed by atoms with van der Waals surface area (Å²) in [5.41, 5.74) is 1.61. The minimum Gasteiger partial charge on any atom is -0.493 e. The largest absolute Gasteiger partial charge is 0.493 e. The molecule has 0 unspecified atom stereocenters. The number of pyridine rings is 1. The Bertz CT molecular complexity index is 1140. The summed E-state index contributed by atoms with van der Waals surface area (Å²) in [4.78, 5) is 24.5. The Hall–Kier alpha value is -3.48. The number of hydrogen-bond donors (Lipinski definition) is 3. The molecule has 4 atom stereocenters. The van der Waals surface area contributed by atoms with Crippen LogP contribution in [0, 0.1) is 17.6 Å². The predicted molar refractivity (Wildman–Crippen MR) is 105 cm³/mol. The minimum absolute atomic E-state index is 0.0861. The first-order valence-electron chi connectivity index (χ1n) is 9.85. The van der Waals surface area contributed by atoms with Crippen molar-refractivity contribution in [1.29, 1.82) is 0 Å². The summed E-state index contributed by atoms with van der Waals surface area (Å²) in [6, 6.07) is 3.90. The number of alkyl halides is 3. The molecule has 8 nitrogen and oxygen atoms in total. The second-order valence-electron chi connectivity index (χ2n) is 7.94. The van der Waals surface area contributed by atoms with E-state index in [9.17, 15) is 36.7 Å². The van der Waals surface area contributed by atoms with Crippen LogP contribution in [-0.4, -0.2) is 42.0 Å². The number of carbonyl (C=O) groups is 2. The van der Waals surface area contributed by atoms with Crippen molar-refractivity contribution in [3.05, 3.63) is 53.4 Å². The minimum atomic E-state index is -4.92. The van der Waals surface area contributed by atoms with E-state index >= 15 is 0 Å². The van der Waals surface area contributed by atoms with Crippen molar-refractivity contribution >= 4 is 17.5 Å². The average molecular weight is 490 g/mol. The molecule has 2 heterocycles. The van der Waals surface area contributed by atoms with E-state index in [0.29, 0.717) is 10.8 Å². The Kier molecular flexibility index (Phi) is 6.44. The summed E-state index contributed by atoms with van der Waals surface area (Å²) >= 11 is 0. The Morgan fingerprint density at radius 1 is 1.26 bits per heavy atom. The Morgan fingerprint density at radius 3 is 2.47 bits per heavy atom. The van der Waals surface area contributed by atoms with Gasteiger partial charge in [-0.3, -0.25) is 14.8 Å². The second kappa shape index (κ2) is 8.70. The summed E-state index contributed by atoms with van der Waals surface area (Å²) < 4.78 is 80.5. The average Bonchev–Trinajstić information content (AvgIpc) is 3.03. The molecule has 1 aromatic carbocycles. The topological polar surface area (TPSA) is 115 Å². The van der Waals surface area contributed by atoms with Gasteiger partial charge in [0.25, 0.3) is 5.91 Å². The van der Waals surface area contributed by atoms with Crippen LogP contribution in [-0.2, 0) is 9.53 Å². The lowest BCUT2D eigenvalue weighted by molar-refractivity contribution is -0.905. The molecule has 1 aliphatic rings. The van der Waals surface area contributed by atoms with Gasteiger partial charge >= 0.3 is 17.8 Å². The van der Waals surface area contributed by atoms with Crippen molar-refractivity contribution < 1.29 is 51.0 Å². The molecule has 1 saturated heterocycles. The van der Waals surface area contributed by atoms with Gasteiger partial charge in [-0.05, 0) is 13.0 Å². The number of halogens is 5. The Labute approximate surface area is 190 Å². The summed E-state index contributed by atoms with van der Waals surface area (Å²) in [6.45, 7) is 1.93. The fourth-order valence-corrected chi connectivity index (χ4v) is 4.01. The molecule has 1 aliphatic heterocycles. The molecule has 3 rings (SSSR count). The van der Waals surface area contributed by atoms with Crippen LogP contribution in [0.4, 0.5) is 27.6 Å². The molecule has 0 saturated carbocycles. The Balaban J connectivity index is 2.08. The van der Waals surface area contributed by atoms with E-state index in [4.69, 9.17) is 15.2 Å². The smallest absolute Gasteiger partial charge is 0.417 e. The van der Waals surface area contributed by atoms with Crippen molar-refractivity contribution in [1.82, 2.24) is 0 Å². The van der Waals surface area contributed by atoms with Gasteiger partial charge in [0, 0.05) is 34.3 Å². The van der Waals surface area contributed by atoms with Crippen molar-refractivity contribution in [2.24, 2.45) is 11.7 Å². The van der Waals surface area contributed by atoms with Gasteiger partial charge in [0.2, 0.25) is 12.0 Å². The van der Waals surface area contributed by atoms with Crippen LogP contribution in [0.25, 0.3) is 0 Å². The molecule has 34 heavy (non-hydrogen) atoms. The quantitative estimate of drug-likeness (QED) is 0.339. The van der Waals surface area contributed by atoms with Gasteiger partial charge in [-0.1, -0.05) is 13.0 Å². The molecule has 184 valence electrons. The number of methoxy groups -OCH3 is 1. The first kappa shape index (κ1) is 25.1. The van der Waals surface area contributed by atoms with Crippen molar-refractivity contribution in [3.8, 4) is 5.75 Å². The Morgan fingerprint density at radius 2 is 1.91 bits per heavy atom. The highest BCUT2D eigenvalue weighted by atomic mass is 19.4. The fourth-order valence-electron chi connectivity index (χ4n) is 4.01. The van der Waals surface area contributed by atoms with Crippen LogP contribution in [0.3, 0.4) is 0 Å². The molecule has 0 bridgehead atoms. The van der Waals surface area contributed by atoms with Crippen LogP contribution < -0.4 is 20.5 Å². The fraction of sp³-hybridized carbons (Fsp3) is 0.381. The number of nitrogens with zero attached hydrogens (tertiary/aromatic N) is 1. The lowest BCUT2D eigenvalue weighted by atomic mass is 9.77. The van der Waals surface area contributed by atoms with Crippen molar-refractivity contribution in [2.45, 2.75) is 37.6 Å². The third kappa shape index (κ3) is 4.11. The van der Waals surface area contributed by atoms with E-state index in [1.54, 1.807) is 0 Å². The zero-order chi connectivity index (χ0) is 25.6. The van der Waals surface area contributed by atoms with Gasteiger partial charge in [0.1, 0.15) is 6.10 Å². The van der Waals surface area contributed by atoms with Gasteiger partial charge in [0.05, 0.1) is 12.8 Å². The van der Waals surface area contributed by atoms with Gasteiger partial charge in [-0.2, -0.15) is 17.6 Å². The maximum atomic E-state index is 14.4. The van der Waals surface area contributed by atoms with E-state index in [1.807, 2.05) is 0 Å². The SMILES string of the molecule is COc1c([C@@H]2[C@@H](C(=O)Nc3cc[n+](O)c(C(N)=O)c3)O[C@@](C)(C(F)(F)F)[C@@H]2C)ccc(F)c1F. The van der Waals surface area contributed by atoms with E-state index < -0.39 is 64.6 Å². The molecule has 2 amide bonds. The normalized spacial score (nSPS) is 24.6. The van der Waals surface area contributed by atoms with E-state index in [0.717, 1.165) is 38.4 Å². The lowest BCUT2D eigenvalue weighted by Crippen LogP contribution is -2.47. The van der Waals surface area contributed by atoms with Gasteiger partial charge in [-0.15, -0.1) is 0 Å². The third-order valence-corrected chi connectivity index (χ3v) is 6.02. The summed E-state index contributed by atoms with van der Waals surface area (Å²) in [5.74, 6) is -8.30. The number of nitrogens with two attached hydrogens (primary N) is 1. The van der Waals surface area contributed by atoms with Crippen LogP contribution in [0.1, 0.15) is 35.8 Å². The molecule has 0 spiro atoms. The standard InChI is InChI=1S/C21H20F5N3O5/c1-9-14(11-4-5-12(22)15(23)16(11)33-3)17(34-20(9,2)21(24,25)26)19(31)28-10-6-7-29(32)13(8-10)18(27)30/h4-9,14,17,32H,1-3H3,(H2,27,30)/p+1/t9-,14-,17+,20-/m1/s1. The number of nitrogens with one attached hydrogen (secondary N) is 1. The number of carbonyl (C=O) groups excluding carboxylic acids is 2. The highest BCUT2D eigenvalue weighted by molar-refractivity contribution is 5.97. The molecule has 2 aromatic rings. The molecule has 0 radical (unpaired) electrons. The summed E-state index contributed by atoms with van der Waals surface area (Å²) in [6.07, 6.45) is -5.76. The maximum absolute atomic E-state index is 14.4. The van der Waals surface area contributed by atoms with Crippen LogP contribution in [0.2, 0.25) is 0 Å².